The third-order valence-electron chi connectivity index (χ3n) is 6.55. The molecular weight excluding hydrogens is 246 g/mol. The Labute approximate surface area is 120 Å². The van der Waals surface area contributed by atoms with E-state index >= 15 is 0 Å². The van der Waals surface area contributed by atoms with Crippen LogP contribution in [0.4, 0.5) is 0 Å². The Morgan fingerprint density at radius 3 is 2.70 bits per heavy atom. The second-order valence-corrected chi connectivity index (χ2v) is 7.68. The van der Waals surface area contributed by atoms with E-state index in [2.05, 4.69) is 50.0 Å². The highest BCUT2D eigenvalue weighted by Gasteiger charge is 2.69. The van der Waals surface area contributed by atoms with Crippen LogP contribution in [0.2, 0.25) is 0 Å². The molecule has 1 heterocycles. The maximum Gasteiger partial charge on any atom is 0.101 e. The Morgan fingerprint density at radius 2 is 2.00 bits per heavy atom. The highest BCUT2D eigenvalue weighted by Crippen LogP contribution is 2.72. The molecule has 2 fully saturated rings. The molecule has 2 saturated carbocycles. The van der Waals surface area contributed by atoms with Gasteiger partial charge in [0, 0.05) is 27.9 Å². The molecule has 20 heavy (non-hydrogen) atoms. The van der Waals surface area contributed by atoms with Crippen LogP contribution in [-0.2, 0) is 5.60 Å². The predicted molar refractivity (Wildman–Crippen MR) is 81.4 cm³/mol. The van der Waals surface area contributed by atoms with Crippen LogP contribution in [0.15, 0.2) is 30.5 Å². The minimum absolute atomic E-state index is 0.00667. The van der Waals surface area contributed by atoms with Gasteiger partial charge in [0.25, 0.3) is 0 Å². The number of H-pyrrole nitrogens is 1. The summed E-state index contributed by atoms with van der Waals surface area (Å²) < 4.78 is 0. The lowest BCUT2D eigenvalue weighted by Gasteiger charge is -2.51. The smallest absolute Gasteiger partial charge is 0.101 e. The molecule has 0 saturated heterocycles. The van der Waals surface area contributed by atoms with Gasteiger partial charge in [0.15, 0.2) is 0 Å². The van der Waals surface area contributed by atoms with E-state index in [9.17, 15) is 5.11 Å². The molecule has 0 radical (unpaired) electrons. The Kier molecular flexibility index (Phi) is 2.17. The Morgan fingerprint density at radius 1 is 1.20 bits per heavy atom. The minimum Gasteiger partial charge on any atom is -0.384 e. The molecule has 1 aromatic carbocycles. The molecule has 0 aliphatic heterocycles. The summed E-state index contributed by atoms with van der Waals surface area (Å²) in [6.07, 6.45) is 5.52. The molecule has 2 aliphatic carbocycles. The zero-order valence-electron chi connectivity index (χ0n) is 12.5. The molecule has 4 rings (SSSR count). The first-order chi connectivity index (χ1) is 9.40. The lowest BCUT2D eigenvalue weighted by atomic mass is 9.57. The van der Waals surface area contributed by atoms with Gasteiger partial charge in [-0.25, -0.2) is 0 Å². The summed E-state index contributed by atoms with van der Waals surface area (Å²) in [5, 5.41) is 13.0. The third-order valence-corrected chi connectivity index (χ3v) is 6.55. The van der Waals surface area contributed by atoms with Crippen molar-refractivity contribution in [1.82, 2.24) is 4.98 Å². The van der Waals surface area contributed by atoms with Crippen molar-refractivity contribution >= 4 is 10.9 Å². The number of aromatic nitrogens is 1. The lowest BCUT2D eigenvalue weighted by Crippen LogP contribution is -2.51. The van der Waals surface area contributed by atoms with Crippen molar-refractivity contribution in [1.29, 1.82) is 0 Å². The summed E-state index contributed by atoms with van der Waals surface area (Å²) in [7, 11) is 0. The van der Waals surface area contributed by atoms with E-state index in [-0.39, 0.29) is 10.8 Å². The molecule has 0 amide bonds. The van der Waals surface area contributed by atoms with E-state index in [0.29, 0.717) is 5.92 Å². The number of aliphatic hydroxyl groups is 1. The van der Waals surface area contributed by atoms with Crippen LogP contribution in [-0.4, -0.2) is 10.1 Å². The summed E-state index contributed by atoms with van der Waals surface area (Å²) >= 11 is 0. The van der Waals surface area contributed by atoms with Gasteiger partial charge in [-0.1, -0.05) is 32.9 Å². The molecule has 2 aliphatic rings. The van der Waals surface area contributed by atoms with E-state index < -0.39 is 5.60 Å². The van der Waals surface area contributed by atoms with Gasteiger partial charge in [-0.05, 0) is 42.9 Å². The van der Waals surface area contributed by atoms with Gasteiger partial charge in [-0.15, -0.1) is 0 Å². The number of rotatable bonds is 1. The number of hydrogen-bond donors (Lipinski definition) is 2. The first-order valence-electron chi connectivity index (χ1n) is 7.69. The topological polar surface area (TPSA) is 36.0 Å². The van der Waals surface area contributed by atoms with Crippen molar-refractivity contribution in [2.75, 3.05) is 0 Å². The molecule has 2 aromatic rings. The summed E-state index contributed by atoms with van der Waals surface area (Å²) in [5.41, 5.74) is 1.45. The molecular formula is C18H23NO. The van der Waals surface area contributed by atoms with Crippen molar-refractivity contribution in [2.24, 2.45) is 16.7 Å². The fraction of sp³-hybridized carbons (Fsp3) is 0.556. The monoisotopic (exact) mass is 269 g/mol. The van der Waals surface area contributed by atoms with Crippen molar-refractivity contribution in [3.8, 4) is 0 Å². The number of fused-ring (bicyclic) bond motifs is 3. The van der Waals surface area contributed by atoms with E-state index in [1.54, 1.807) is 0 Å². The fourth-order valence-electron chi connectivity index (χ4n) is 5.33. The van der Waals surface area contributed by atoms with E-state index in [1.807, 2.05) is 6.20 Å². The largest absolute Gasteiger partial charge is 0.384 e. The average Bonchev–Trinajstić information content (AvgIpc) is 3.06. The molecule has 2 nitrogen and oxygen atoms in total. The number of benzene rings is 1. The van der Waals surface area contributed by atoms with Gasteiger partial charge in [-0.2, -0.15) is 0 Å². The van der Waals surface area contributed by atoms with Gasteiger partial charge in [-0.3, -0.25) is 0 Å². The van der Waals surface area contributed by atoms with Crippen LogP contribution in [0.25, 0.3) is 10.9 Å². The highest BCUT2D eigenvalue weighted by atomic mass is 16.3. The quantitative estimate of drug-likeness (QED) is 0.799. The van der Waals surface area contributed by atoms with Gasteiger partial charge in [0.1, 0.15) is 5.60 Å². The van der Waals surface area contributed by atoms with Gasteiger partial charge in [0.05, 0.1) is 0 Å². The minimum atomic E-state index is -0.732. The molecule has 106 valence electrons. The predicted octanol–water partition coefficient (Wildman–Crippen LogP) is 4.20. The molecule has 2 heteroatoms. The van der Waals surface area contributed by atoms with Crippen LogP contribution in [0.1, 0.15) is 45.6 Å². The highest BCUT2D eigenvalue weighted by molar-refractivity contribution is 5.84. The molecule has 1 aromatic heterocycles. The molecule has 2 bridgehead atoms. The van der Waals surface area contributed by atoms with Gasteiger partial charge < -0.3 is 10.1 Å². The maximum atomic E-state index is 11.8. The SMILES string of the molecule is CC12CCC(C1)C(C)(C)C2(O)c1cccc2[nH]ccc12. The van der Waals surface area contributed by atoms with Crippen LogP contribution in [0.5, 0.6) is 0 Å². The number of hydrogen-bond acceptors (Lipinski definition) is 1. The molecule has 2 N–H and O–H groups in total. The van der Waals surface area contributed by atoms with Crippen molar-refractivity contribution in [3.63, 3.8) is 0 Å². The van der Waals surface area contributed by atoms with Crippen LogP contribution >= 0.6 is 0 Å². The number of nitrogens with one attached hydrogen (secondary N) is 1. The normalized spacial score (nSPS) is 38.7. The van der Waals surface area contributed by atoms with E-state index in [1.165, 1.54) is 11.8 Å². The zero-order chi connectivity index (χ0) is 14.2. The first kappa shape index (κ1) is 12.5. The third kappa shape index (κ3) is 1.16. The lowest BCUT2D eigenvalue weighted by molar-refractivity contribution is -0.149. The first-order valence-corrected chi connectivity index (χ1v) is 7.69. The van der Waals surface area contributed by atoms with Crippen LogP contribution in [0.3, 0.4) is 0 Å². The number of aromatic amines is 1. The van der Waals surface area contributed by atoms with Crippen molar-refractivity contribution in [2.45, 2.75) is 45.6 Å². The Hall–Kier alpha value is -1.28. The zero-order valence-corrected chi connectivity index (χ0v) is 12.5. The van der Waals surface area contributed by atoms with Crippen molar-refractivity contribution in [3.05, 3.63) is 36.0 Å². The molecule has 3 unspecified atom stereocenters. The molecule has 3 atom stereocenters. The van der Waals surface area contributed by atoms with Gasteiger partial charge in [0.2, 0.25) is 0 Å². The second-order valence-electron chi connectivity index (χ2n) is 7.68. The Bertz CT molecular complexity index is 679. The van der Waals surface area contributed by atoms with Gasteiger partial charge >= 0.3 is 0 Å². The molecule has 0 spiro atoms. The summed E-state index contributed by atoms with van der Waals surface area (Å²) in [6, 6.07) is 8.39. The van der Waals surface area contributed by atoms with E-state index in [0.717, 1.165) is 23.9 Å². The fourth-order valence-corrected chi connectivity index (χ4v) is 5.33. The maximum absolute atomic E-state index is 11.8. The summed E-state index contributed by atoms with van der Waals surface area (Å²) in [4.78, 5) is 3.27. The summed E-state index contributed by atoms with van der Waals surface area (Å²) in [5.74, 6) is 0.631. The average molecular weight is 269 g/mol. The standard InChI is InChI=1S/C18H23NO/c1-16(2)12-7-9-17(3,11-12)18(16,20)14-5-4-6-15-13(14)8-10-19-15/h4-6,8,10,12,19-20H,7,9,11H2,1-3H3. The second kappa shape index (κ2) is 3.48. The summed E-state index contributed by atoms with van der Waals surface area (Å²) in [6.45, 7) is 6.80. The Balaban J connectivity index is 2.03. The van der Waals surface area contributed by atoms with E-state index in [4.69, 9.17) is 0 Å². The van der Waals surface area contributed by atoms with Crippen LogP contribution < -0.4 is 0 Å². The van der Waals surface area contributed by atoms with Crippen LogP contribution in [0, 0.1) is 16.7 Å². The van der Waals surface area contributed by atoms with Crippen molar-refractivity contribution < 1.29 is 5.11 Å².